The fraction of sp³-hybridized carbons (Fsp3) is 0.267. The number of hydrogen-bond acceptors (Lipinski definition) is 3. The molecule has 1 heterocycles. The fourth-order valence-electron chi connectivity index (χ4n) is 2.09. The number of anilines is 1. The van der Waals surface area contributed by atoms with Crippen LogP contribution in [-0.2, 0) is 0 Å². The van der Waals surface area contributed by atoms with Gasteiger partial charge in [0.15, 0.2) is 0 Å². The Balaban J connectivity index is 2.52. The van der Waals surface area contributed by atoms with Crippen LogP contribution in [-0.4, -0.2) is 23.4 Å². The smallest absolute Gasteiger partial charge is 0.266 e. The highest BCUT2D eigenvalue weighted by Crippen LogP contribution is 2.36. The van der Waals surface area contributed by atoms with Crippen LogP contribution in [0.25, 0.3) is 10.1 Å². The number of hydrogen-bond donors (Lipinski definition) is 1. The molecular formula is C15H17FN2OS. The van der Waals surface area contributed by atoms with E-state index in [2.05, 4.69) is 6.58 Å². The summed E-state index contributed by atoms with van der Waals surface area (Å²) in [5.74, 6) is -0.576. The minimum absolute atomic E-state index is 0.0231. The Bertz CT molecular complexity index is 663. The van der Waals surface area contributed by atoms with Gasteiger partial charge in [0.2, 0.25) is 0 Å². The second kappa shape index (κ2) is 5.63. The average molecular weight is 292 g/mol. The highest BCUT2D eigenvalue weighted by Gasteiger charge is 2.24. The monoisotopic (exact) mass is 292 g/mol. The number of halogens is 1. The third-order valence-corrected chi connectivity index (χ3v) is 4.26. The Hall–Kier alpha value is -1.88. The van der Waals surface area contributed by atoms with Gasteiger partial charge in [-0.3, -0.25) is 4.79 Å². The van der Waals surface area contributed by atoms with Gasteiger partial charge in [-0.2, -0.15) is 0 Å². The van der Waals surface area contributed by atoms with Crippen LogP contribution in [0.3, 0.4) is 0 Å². The maximum Gasteiger partial charge on any atom is 0.266 e. The third kappa shape index (κ3) is 2.41. The lowest BCUT2D eigenvalue weighted by Crippen LogP contribution is -2.36. The lowest BCUT2D eigenvalue weighted by atomic mass is 10.2. The molecule has 20 heavy (non-hydrogen) atoms. The summed E-state index contributed by atoms with van der Waals surface area (Å²) in [6.45, 7) is 7.94. The van der Waals surface area contributed by atoms with E-state index >= 15 is 0 Å². The molecule has 2 aromatic rings. The van der Waals surface area contributed by atoms with Crippen molar-refractivity contribution >= 4 is 33.0 Å². The summed E-state index contributed by atoms with van der Waals surface area (Å²) >= 11 is 1.23. The molecule has 0 atom stereocenters. The first-order chi connectivity index (χ1) is 9.47. The standard InChI is InChI=1S/C15H17FN2OS/c1-4-8-18(9(2)3)15(19)14-13(17)12-10(16)6-5-7-11(12)20-14/h4-7,9H,1,8,17H2,2-3H3. The molecule has 1 aromatic heterocycles. The number of nitrogen functional groups attached to an aromatic ring is 1. The maximum absolute atomic E-state index is 13.8. The van der Waals surface area contributed by atoms with Gasteiger partial charge in [-0.25, -0.2) is 4.39 Å². The molecule has 0 aliphatic rings. The number of thiophene rings is 1. The number of carbonyl (C=O) groups is 1. The van der Waals surface area contributed by atoms with E-state index in [0.29, 0.717) is 21.5 Å². The van der Waals surface area contributed by atoms with E-state index < -0.39 is 5.82 Å². The summed E-state index contributed by atoms with van der Waals surface area (Å²) in [5.41, 5.74) is 6.20. The highest BCUT2D eigenvalue weighted by molar-refractivity contribution is 7.21. The molecule has 3 nitrogen and oxygen atoms in total. The van der Waals surface area contributed by atoms with Crippen LogP contribution in [0, 0.1) is 5.82 Å². The van der Waals surface area contributed by atoms with Gasteiger partial charge in [-0.1, -0.05) is 12.1 Å². The van der Waals surface area contributed by atoms with Crippen LogP contribution < -0.4 is 5.73 Å². The first-order valence-corrected chi connectivity index (χ1v) is 7.17. The average Bonchev–Trinajstić information content (AvgIpc) is 2.73. The zero-order chi connectivity index (χ0) is 14.9. The van der Waals surface area contributed by atoms with Gasteiger partial charge >= 0.3 is 0 Å². The van der Waals surface area contributed by atoms with Crippen molar-refractivity contribution in [3.05, 3.63) is 41.5 Å². The minimum atomic E-state index is -0.393. The quantitative estimate of drug-likeness (QED) is 0.874. The second-order valence-electron chi connectivity index (χ2n) is 4.80. The van der Waals surface area contributed by atoms with Crippen LogP contribution in [0.1, 0.15) is 23.5 Å². The van der Waals surface area contributed by atoms with Crippen molar-refractivity contribution in [3.63, 3.8) is 0 Å². The first kappa shape index (κ1) is 14.5. The number of fused-ring (bicyclic) bond motifs is 1. The molecule has 1 amide bonds. The summed E-state index contributed by atoms with van der Waals surface area (Å²) in [4.78, 5) is 14.6. The predicted molar refractivity (Wildman–Crippen MR) is 82.6 cm³/mol. The third-order valence-electron chi connectivity index (χ3n) is 3.11. The Kier molecular flexibility index (Phi) is 4.09. The largest absolute Gasteiger partial charge is 0.397 e. The van der Waals surface area contributed by atoms with Gasteiger partial charge in [0, 0.05) is 17.3 Å². The van der Waals surface area contributed by atoms with E-state index in [4.69, 9.17) is 5.73 Å². The Morgan fingerprint density at radius 2 is 2.25 bits per heavy atom. The Morgan fingerprint density at radius 3 is 2.80 bits per heavy atom. The van der Waals surface area contributed by atoms with Crippen LogP contribution in [0.5, 0.6) is 0 Å². The topological polar surface area (TPSA) is 46.3 Å². The molecule has 0 radical (unpaired) electrons. The van der Waals surface area contributed by atoms with E-state index in [0.717, 1.165) is 0 Å². The van der Waals surface area contributed by atoms with Crippen LogP contribution in [0.2, 0.25) is 0 Å². The molecular weight excluding hydrogens is 275 g/mol. The zero-order valence-electron chi connectivity index (χ0n) is 11.5. The van der Waals surface area contributed by atoms with E-state index in [-0.39, 0.29) is 17.6 Å². The SMILES string of the molecule is C=CCN(C(=O)c1sc2cccc(F)c2c1N)C(C)C. The number of amides is 1. The van der Waals surface area contributed by atoms with Crippen molar-refractivity contribution in [2.45, 2.75) is 19.9 Å². The van der Waals surface area contributed by atoms with Crippen molar-refractivity contribution in [2.24, 2.45) is 0 Å². The normalized spacial score (nSPS) is 11.0. The van der Waals surface area contributed by atoms with Crippen molar-refractivity contribution in [1.29, 1.82) is 0 Å². The Morgan fingerprint density at radius 1 is 1.55 bits per heavy atom. The summed E-state index contributed by atoms with van der Waals surface area (Å²) in [6.07, 6.45) is 1.67. The van der Waals surface area contributed by atoms with E-state index in [9.17, 15) is 9.18 Å². The lowest BCUT2D eigenvalue weighted by Gasteiger charge is -2.24. The van der Waals surface area contributed by atoms with Gasteiger partial charge in [-0.05, 0) is 26.0 Å². The second-order valence-corrected chi connectivity index (χ2v) is 5.85. The molecule has 0 bridgehead atoms. The number of carbonyl (C=O) groups excluding carboxylic acids is 1. The van der Waals surface area contributed by atoms with Gasteiger partial charge in [0.1, 0.15) is 10.7 Å². The molecule has 2 N–H and O–H groups in total. The van der Waals surface area contributed by atoms with Gasteiger partial charge in [0.05, 0.1) is 11.1 Å². The number of nitrogens with two attached hydrogens (primary N) is 1. The van der Waals surface area contributed by atoms with Crippen LogP contribution in [0.15, 0.2) is 30.9 Å². The van der Waals surface area contributed by atoms with Gasteiger partial charge < -0.3 is 10.6 Å². The van der Waals surface area contributed by atoms with Gasteiger partial charge in [0.25, 0.3) is 5.91 Å². The minimum Gasteiger partial charge on any atom is -0.397 e. The molecule has 2 rings (SSSR count). The van der Waals surface area contributed by atoms with Gasteiger partial charge in [-0.15, -0.1) is 17.9 Å². The summed E-state index contributed by atoms with van der Waals surface area (Å²) in [6, 6.07) is 4.76. The molecule has 0 aliphatic heterocycles. The lowest BCUT2D eigenvalue weighted by molar-refractivity contribution is 0.0735. The molecule has 0 spiro atoms. The van der Waals surface area contributed by atoms with Crippen molar-refractivity contribution in [3.8, 4) is 0 Å². The molecule has 5 heteroatoms. The summed E-state index contributed by atoms with van der Waals surface area (Å²) < 4.78 is 14.5. The zero-order valence-corrected chi connectivity index (χ0v) is 12.3. The van der Waals surface area contributed by atoms with Crippen molar-refractivity contribution in [1.82, 2.24) is 4.90 Å². The molecule has 0 unspecified atom stereocenters. The fourth-order valence-corrected chi connectivity index (χ4v) is 3.18. The van der Waals surface area contributed by atoms with Crippen molar-refractivity contribution < 1.29 is 9.18 Å². The summed E-state index contributed by atoms with van der Waals surface area (Å²) in [5, 5.41) is 0.336. The molecule has 1 aromatic carbocycles. The van der Waals surface area contributed by atoms with E-state index in [1.807, 2.05) is 13.8 Å². The molecule has 106 valence electrons. The summed E-state index contributed by atoms with van der Waals surface area (Å²) in [7, 11) is 0. The van der Waals surface area contributed by atoms with Crippen molar-refractivity contribution in [2.75, 3.05) is 12.3 Å². The number of nitrogens with zero attached hydrogens (tertiary/aromatic N) is 1. The number of rotatable bonds is 4. The molecule has 0 fully saturated rings. The van der Waals surface area contributed by atoms with E-state index in [1.54, 1.807) is 23.1 Å². The van der Waals surface area contributed by atoms with Crippen LogP contribution in [0.4, 0.5) is 10.1 Å². The predicted octanol–water partition coefficient (Wildman–Crippen LogP) is 3.66. The van der Waals surface area contributed by atoms with E-state index in [1.165, 1.54) is 17.4 Å². The molecule has 0 saturated carbocycles. The first-order valence-electron chi connectivity index (χ1n) is 6.35. The molecule has 0 saturated heterocycles. The Labute approximate surface area is 121 Å². The molecule has 0 aliphatic carbocycles. The number of benzene rings is 1. The highest BCUT2D eigenvalue weighted by atomic mass is 32.1. The maximum atomic E-state index is 13.8. The van der Waals surface area contributed by atoms with Crippen LogP contribution >= 0.6 is 11.3 Å².